The minimum absolute atomic E-state index is 0.101. The summed E-state index contributed by atoms with van der Waals surface area (Å²) < 4.78 is 7.40. The van der Waals surface area contributed by atoms with Gasteiger partial charge in [0.15, 0.2) is 0 Å². The first-order valence-corrected chi connectivity index (χ1v) is 8.51. The molecule has 25 heavy (non-hydrogen) atoms. The molecule has 1 aliphatic heterocycles. The number of carbonyl (C=O) groups excluding carboxylic acids is 1. The van der Waals surface area contributed by atoms with Crippen LogP contribution in [0.4, 0.5) is 0 Å². The number of carbonyl (C=O) groups is 1. The SMILES string of the molecule is Cc1ccc(-c2cc(C(=O)N3CCCC(n4ccnc4)C3)on2)cc1. The van der Waals surface area contributed by atoms with Gasteiger partial charge in [0.25, 0.3) is 5.91 Å². The summed E-state index contributed by atoms with van der Waals surface area (Å²) in [4.78, 5) is 18.7. The quantitative estimate of drug-likeness (QED) is 0.736. The Balaban J connectivity index is 1.50. The number of hydrogen-bond acceptors (Lipinski definition) is 4. The molecule has 0 spiro atoms. The van der Waals surface area contributed by atoms with Crippen LogP contribution in [0.5, 0.6) is 0 Å². The predicted molar refractivity (Wildman–Crippen MR) is 93.1 cm³/mol. The van der Waals surface area contributed by atoms with E-state index in [1.54, 1.807) is 12.3 Å². The van der Waals surface area contributed by atoms with Crippen LogP contribution in [0.2, 0.25) is 0 Å². The van der Waals surface area contributed by atoms with E-state index in [2.05, 4.69) is 14.7 Å². The van der Waals surface area contributed by atoms with Crippen LogP contribution in [0.3, 0.4) is 0 Å². The van der Waals surface area contributed by atoms with Gasteiger partial charge in [-0.15, -0.1) is 0 Å². The summed E-state index contributed by atoms with van der Waals surface area (Å²) >= 11 is 0. The minimum Gasteiger partial charge on any atom is -0.350 e. The molecule has 128 valence electrons. The van der Waals surface area contributed by atoms with Crippen LogP contribution in [-0.2, 0) is 0 Å². The van der Waals surface area contributed by atoms with E-state index < -0.39 is 0 Å². The molecule has 1 unspecified atom stereocenters. The lowest BCUT2D eigenvalue weighted by Crippen LogP contribution is -2.40. The van der Waals surface area contributed by atoms with Crippen molar-refractivity contribution < 1.29 is 9.32 Å². The first-order valence-electron chi connectivity index (χ1n) is 8.51. The molecule has 0 radical (unpaired) electrons. The van der Waals surface area contributed by atoms with Crippen molar-refractivity contribution in [1.82, 2.24) is 19.6 Å². The van der Waals surface area contributed by atoms with Crippen LogP contribution >= 0.6 is 0 Å². The lowest BCUT2D eigenvalue weighted by Gasteiger charge is -2.32. The fourth-order valence-corrected chi connectivity index (χ4v) is 3.26. The molecule has 0 N–H and O–H groups in total. The number of imidazole rings is 1. The number of benzene rings is 1. The van der Waals surface area contributed by atoms with Gasteiger partial charge in [-0.1, -0.05) is 35.0 Å². The van der Waals surface area contributed by atoms with Gasteiger partial charge in [-0.2, -0.15) is 0 Å². The Morgan fingerprint density at radius 3 is 2.88 bits per heavy atom. The second-order valence-corrected chi connectivity index (χ2v) is 6.50. The Hall–Kier alpha value is -2.89. The smallest absolute Gasteiger partial charge is 0.292 e. The van der Waals surface area contributed by atoms with E-state index in [0.717, 1.165) is 24.9 Å². The van der Waals surface area contributed by atoms with Crippen LogP contribution in [0.25, 0.3) is 11.3 Å². The maximum absolute atomic E-state index is 12.8. The van der Waals surface area contributed by atoms with Gasteiger partial charge < -0.3 is 14.0 Å². The molecule has 0 aliphatic carbocycles. The summed E-state index contributed by atoms with van der Waals surface area (Å²) in [6, 6.07) is 10.0. The molecule has 0 saturated carbocycles. The van der Waals surface area contributed by atoms with Gasteiger partial charge in [0, 0.05) is 37.1 Å². The molecule has 6 heteroatoms. The zero-order valence-corrected chi connectivity index (χ0v) is 14.1. The molecule has 1 atom stereocenters. The van der Waals surface area contributed by atoms with Gasteiger partial charge in [-0.3, -0.25) is 4.79 Å². The summed E-state index contributed by atoms with van der Waals surface area (Å²) in [5, 5.41) is 4.06. The molecule has 4 rings (SSSR count). The van der Waals surface area contributed by atoms with E-state index in [0.29, 0.717) is 18.0 Å². The fourth-order valence-electron chi connectivity index (χ4n) is 3.26. The van der Waals surface area contributed by atoms with E-state index in [1.807, 2.05) is 48.6 Å². The Morgan fingerprint density at radius 2 is 2.12 bits per heavy atom. The van der Waals surface area contributed by atoms with Crippen molar-refractivity contribution in [2.24, 2.45) is 0 Å². The van der Waals surface area contributed by atoms with Crippen LogP contribution in [0.1, 0.15) is 35.0 Å². The number of rotatable bonds is 3. The van der Waals surface area contributed by atoms with Crippen molar-refractivity contribution >= 4 is 5.91 Å². The second kappa shape index (κ2) is 6.55. The molecule has 1 fully saturated rings. The molecule has 2 aromatic heterocycles. The van der Waals surface area contributed by atoms with Gasteiger partial charge in [0.1, 0.15) is 5.69 Å². The third-order valence-electron chi connectivity index (χ3n) is 4.70. The topological polar surface area (TPSA) is 64.2 Å². The number of aryl methyl sites for hydroxylation is 1. The lowest BCUT2D eigenvalue weighted by molar-refractivity contribution is 0.0638. The van der Waals surface area contributed by atoms with E-state index in [9.17, 15) is 4.79 Å². The standard InChI is InChI=1S/C19H20N4O2/c1-14-4-6-15(7-5-14)17-11-18(25-21-17)19(24)22-9-2-3-16(12-22)23-10-8-20-13-23/h4-8,10-11,13,16H,2-3,9,12H2,1H3. The van der Waals surface area contributed by atoms with Crippen molar-refractivity contribution in [2.45, 2.75) is 25.8 Å². The highest BCUT2D eigenvalue weighted by molar-refractivity contribution is 5.92. The number of likely N-dealkylation sites (tertiary alicyclic amines) is 1. The Morgan fingerprint density at radius 1 is 1.28 bits per heavy atom. The summed E-state index contributed by atoms with van der Waals surface area (Å²) in [6.07, 6.45) is 7.54. The van der Waals surface area contributed by atoms with E-state index in [1.165, 1.54) is 5.56 Å². The molecule has 6 nitrogen and oxygen atoms in total. The van der Waals surface area contributed by atoms with Gasteiger partial charge in [0.05, 0.1) is 12.4 Å². The summed E-state index contributed by atoms with van der Waals surface area (Å²) in [5.74, 6) is 0.192. The zero-order valence-electron chi connectivity index (χ0n) is 14.1. The number of amides is 1. The van der Waals surface area contributed by atoms with Gasteiger partial charge in [-0.25, -0.2) is 4.98 Å². The first kappa shape index (κ1) is 15.6. The van der Waals surface area contributed by atoms with Crippen molar-refractivity contribution in [3.63, 3.8) is 0 Å². The van der Waals surface area contributed by atoms with Crippen molar-refractivity contribution in [3.05, 3.63) is 60.4 Å². The van der Waals surface area contributed by atoms with Crippen molar-refractivity contribution in [2.75, 3.05) is 13.1 Å². The molecule has 3 aromatic rings. The minimum atomic E-state index is -0.101. The third kappa shape index (κ3) is 3.20. The molecule has 3 heterocycles. The predicted octanol–water partition coefficient (Wildman–Crippen LogP) is 3.32. The number of nitrogens with zero attached hydrogens (tertiary/aromatic N) is 4. The van der Waals surface area contributed by atoms with Crippen LogP contribution in [0.15, 0.2) is 53.6 Å². The normalized spacial score (nSPS) is 17.6. The van der Waals surface area contributed by atoms with Gasteiger partial charge >= 0.3 is 0 Å². The molecule has 1 aromatic carbocycles. The largest absolute Gasteiger partial charge is 0.350 e. The fraction of sp³-hybridized carbons (Fsp3) is 0.316. The molecule has 1 amide bonds. The van der Waals surface area contributed by atoms with Crippen LogP contribution < -0.4 is 0 Å². The van der Waals surface area contributed by atoms with Gasteiger partial charge in [0.2, 0.25) is 5.76 Å². The van der Waals surface area contributed by atoms with Crippen molar-refractivity contribution in [1.29, 1.82) is 0 Å². The Kier molecular flexibility index (Phi) is 4.09. The molecule has 1 aliphatic rings. The highest BCUT2D eigenvalue weighted by Gasteiger charge is 2.27. The Bertz CT molecular complexity index is 852. The van der Waals surface area contributed by atoms with E-state index >= 15 is 0 Å². The van der Waals surface area contributed by atoms with Crippen molar-refractivity contribution in [3.8, 4) is 11.3 Å². The lowest BCUT2D eigenvalue weighted by atomic mass is 10.1. The van der Waals surface area contributed by atoms with Crippen LogP contribution in [-0.4, -0.2) is 38.6 Å². The summed E-state index contributed by atoms with van der Waals surface area (Å²) in [7, 11) is 0. The number of hydrogen-bond donors (Lipinski definition) is 0. The zero-order chi connectivity index (χ0) is 17.2. The highest BCUT2D eigenvalue weighted by Crippen LogP contribution is 2.24. The maximum atomic E-state index is 12.8. The molecular formula is C19H20N4O2. The monoisotopic (exact) mass is 336 g/mol. The molecule has 1 saturated heterocycles. The van der Waals surface area contributed by atoms with E-state index in [-0.39, 0.29) is 11.9 Å². The first-order chi connectivity index (χ1) is 12.2. The average molecular weight is 336 g/mol. The summed E-state index contributed by atoms with van der Waals surface area (Å²) in [6.45, 7) is 3.44. The third-order valence-corrected chi connectivity index (χ3v) is 4.70. The van der Waals surface area contributed by atoms with Gasteiger partial charge in [-0.05, 0) is 19.8 Å². The maximum Gasteiger partial charge on any atom is 0.292 e. The Labute approximate surface area is 146 Å². The molecule has 0 bridgehead atoms. The number of aromatic nitrogens is 3. The number of piperidine rings is 1. The second-order valence-electron chi connectivity index (χ2n) is 6.50. The van der Waals surface area contributed by atoms with Crippen LogP contribution in [0, 0.1) is 6.92 Å². The van der Waals surface area contributed by atoms with E-state index in [4.69, 9.17) is 4.52 Å². The molecular weight excluding hydrogens is 316 g/mol. The summed E-state index contributed by atoms with van der Waals surface area (Å²) in [5.41, 5.74) is 2.82. The average Bonchev–Trinajstić information content (AvgIpc) is 3.34. The highest BCUT2D eigenvalue weighted by atomic mass is 16.5.